The number of aliphatic imine (C=N–C) groups is 1. The van der Waals surface area contributed by atoms with Crippen LogP contribution in [0.4, 0.5) is 10.5 Å². The van der Waals surface area contributed by atoms with Gasteiger partial charge in [-0.15, -0.1) is 0 Å². The lowest BCUT2D eigenvalue weighted by Gasteiger charge is -2.24. The number of hydrogen-bond acceptors (Lipinski definition) is 6. The van der Waals surface area contributed by atoms with Crippen LogP contribution < -0.4 is 10.2 Å². The Morgan fingerprint density at radius 2 is 1.93 bits per heavy atom. The molecule has 0 aliphatic carbocycles. The molecule has 10 heteroatoms. The second-order valence-corrected chi connectivity index (χ2v) is 11.0. The fraction of sp³-hybridized carbons (Fsp3) is 0.500. The van der Waals surface area contributed by atoms with Crippen molar-refractivity contribution in [2.45, 2.75) is 37.7 Å². The summed E-state index contributed by atoms with van der Waals surface area (Å²) < 4.78 is 29.2. The fourth-order valence-corrected chi connectivity index (χ4v) is 6.99. The first-order chi connectivity index (χ1) is 13.0. The van der Waals surface area contributed by atoms with E-state index in [2.05, 4.69) is 10.3 Å². The van der Waals surface area contributed by atoms with Gasteiger partial charge in [0.1, 0.15) is 12.1 Å². The number of rotatable bonds is 3. The number of amidine groups is 1. The summed E-state index contributed by atoms with van der Waals surface area (Å²) in [4.78, 5) is 29.9. The average Bonchev–Trinajstić information content (AvgIpc) is 3.03. The van der Waals surface area contributed by atoms with E-state index >= 15 is 0 Å². The van der Waals surface area contributed by atoms with E-state index in [9.17, 15) is 18.0 Å². The number of hydrogen-bond donors (Lipinski definition) is 1. The molecule has 28 heavy (non-hydrogen) atoms. The lowest BCUT2D eigenvalue weighted by Crippen LogP contribution is -2.38. The minimum atomic E-state index is -3.11. The number of nitrogens with zero attached hydrogens (tertiary/aromatic N) is 2. The third-order valence-corrected chi connectivity index (χ3v) is 7.31. The molecule has 0 unspecified atom stereocenters. The second-order valence-electron chi connectivity index (χ2n) is 7.65. The van der Waals surface area contributed by atoms with E-state index in [-0.39, 0.29) is 29.3 Å². The van der Waals surface area contributed by atoms with Crippen molar-refractivity contribution >= 4 is 44.5 Å². The summed E-state index contributed by atoms with van der Waals surface area (Å²) in [6.45, 7) is 4.90. The molecular formula is C18H23N3O5S2. The van der Waals surface area contributed by atoms with Crippen LogP contribution in [0, 0.1) is 0 Å². The van der Waals surface area contributed by atoms with Gasteiger partial charge in [0.15, 0.2) is 15.0 Å². The monoisotopic (exact) mass is 425 g/mol. The Morgan fingerprint density at radius 1 is 1.25 bits per heavy atom. The molecule has 0 saturated carbocycles. The molecule has 1 N–H and O–H groups in total. The molecule has 1 aromatic carbocycles. The van der Waals surface area contributed by atoms with Crippen molar-refractivity contribution in [3.05, 3.63) is 30.3 Å². The highest BCUT2D eigenvalue weighted by Crippen LogP contribution is 2.40. The summed E-state index contributed by atoms with van der Waals surface area (Å²) in [6, 6.07) is 9.01. The van der Waals surface area contributed by atoms with Crippen molar-refractivity contribution in [2.24, 2.45) is 4.99 Å². The predicted octanol–water partition coefficient (Wildman–Crippen LogP) is 1.81. The number of ether oxygens (including phenoxy) is 1. The van der Waals surface area contributed by atoms with Crippen LogP contribution in [0.25, 0.3) is 0 Å². The molecule has 2 aliphatic rings. The molecule has 2 atom stereocenters. The molecule has 2 fully saturated rings. The lowest BCUT2D eigenvalue weighted by atomic mass is 10.2. The van der Waals surface area contributed by atoms with Gasteiger partial charge in [-0.3, -0.25) is 4.79 Å². The number of alkyl carbamates (subject to hydrolysis) is 1. The molecule has 0 radical (unpaired) electrons. The molecule has 0 aromatic heterocycles. The first-order valence-electron chi connectivity index (χ1n) is 8.84. The van der Waals surface area contributed by atoms with Gasteiger partial charge in [-0.2, -0.15) is 4.99 Å². The number of nitrogens with one attached hydrogen (secondary N) is 1. The van der Waals surface area contributed by atoms with Crippen LogP contribution in [0.1, 0.15) is 20.8 Å². The van der Waals surface area contributed by atoms with Crippen molar-refractivity contribution in [3.63, 3.8) is 0 Å². The average molecular weight is 426 g/mol. The highest BCUT2D eigenvalue weighted by Gasteiger charge is 2.49. The van der Waals surface area contributed by atoms with Crippen molar-refractivity contribution in [3.8, 4) is 0 Å². The quantitative estimate of drug-likeness (QED) is 0.787. The maximum Gasteiger partial charge on any atom is 0.408 e. The molecule has 1 aromatic rings. The molecule has 2 heterocycles. The van der Waals surface area contributed by atoms with Gasteiger partial charge in [0.25, 0.3) is 5.91 Å². The van der Waals surface area contributed by atoms with Gasteiger partial charge in [-0.05, 0) is 32.9 Å². The van der Waals surface area contributed by atoms with Gasteiger partial charge in [-0.25, -0.2) is 13.2 Å². The standard InChI is InChI=1S/C18H23N3O5S2/c1-18(2,3)26-17(23)19-9-15(22)20-16-21(12-7-5-4-6-8-12)13-10-28(24,25)11-14(13)27-16/h4-8,13-14H,9-11H2,1-3H3,(H,19,23)/t13-,14-/m1/s1. The van der Waals surface area contributed by atoms with E-state index in [4.69, 9.17) is 4.74 Å². The van der Waals surface area contributed by atoms with Crippen LogP contribution in [-0.2, 0) is 19.4 Å². The van der Waals surface area contributed by atoms with Crippen LogP contribution in [-0.4, -0.2) is 60.5 Å². The Hall–Kier alpha value is -2.07. The summed E-state index contributed by atoms with van der Waals surface area (Å²) >= 11 is 1.29. The van der Waals surface area contributed by atoms with Gasteiger partial charge >= 0.3 is 6.09 Å². The van der Waals surface area contributed by atoms with Crippen LogP contribution in [0.15, 0.2) is 35.3 Å². The number of carbonyl (C=O) groups excluding carboxylic acids is 2. The third kappa shape index (κ3) is 5.05. The van der Waals surface area contributed by atoms with Gasteiger partial charge < -0.3 is 15.0 Å². The fourth-order valence-electron chi connectivity index (χ4n) is 3.06. The first kappa shape index (κ1) is 20.7. The summed E-state index contributed by atoms with van der Waals surface area (Å²) in [5, 5.41) is 2.67. The zero-order chi connectivity index (χ0) is 20.5. The molecule has 0 bridgehead atoms. The van der Waals surface area contributed by atoms with Gasteiger partial charge in [-0.1, -0.05) is 30.0 Å². The van der Waals surface area contributed by atoms with E-state index in [0.29, 0.717) is 5.17 Å². The normalized spacial score (nSPS) is 24.8. The zero-order valence-corrected chi connectivity index (χ0v) is 17.5. The molecule has 2 amide bonds. The van der Waals surface area contributed by atoms with Crippen molar-refractivity contribution in [1.82, 2.24) is 5.32 Å². The summed E-state index contributed by atoms with van der Waals surface area (Å²) in [6.07, 6.45) is -0.692. The zero-order valence-electron chi connectivity index (χ0n) is 15.9. The van der Waals surface area contributed by atoms with E-state index < -0.39 is 27.4 Å². The van der Waals surface area contributed by atoms with E-state index in [0.717, 1.165) is 5.69 Å². The molecule has 3 rings (SSSR count). The second kappa shape index (κ2) is 7.75. The van der Waals surface area contributed by atoms with Crippen LogP contribution in [0.3, 0.4) is 0 Å². The summed E-state index contributed by atoms with van der Waals surface area (Å²) in [7, 11) is -3.11. The molecule has 0 spiro atoms. The maximum absolute atomic E-state index is 12.3. The predicted molar refractivity (Wildman–Crippen MR) is 109 cm³/mol. The van der Waals surface area contributed by atoms with Gasteiger partial charge in [0.2, 0.25) is 0 Å². The van der Waals surface area contributed by atoms with Crippen molar-refractivity contribution in [2.75, 3.05) is 23.0 Å². The molecule has 152 valence electrons. The minimum absolute atomic E-state index is 0.0307. The summed E-state index contributed by atoms with van der Waals surface area (Å²) in [5.74, 6) is -0.435. The first-order valence-corrected chi connectivity index (χ1v) is 11.5. The van der Waals surface area contributed by atoms with E-state index in [1.54, 1.807) is 20.8 Å². The smallest absolute Gasteiger partial charge is 0.408 e. The SMILES string of the molecule is CC(C)(C)OC(=O)NCC(=O)N=C1S[C@@H]2CS(=O)(=O)C[C@H]2N1c1ccccc1. The number of anilines is 1. The largest absolute Gasteiger partial charge is 0.444 e. The van der Waals surface area contributed by atoms with Gasteiger partial charge in [0, 0.05) is 10.9 Å². The Bertz CT molecular complexity index is 894. The Balaban J connectivity index is 1.74. The summed E-state index contributed by atoms with van der Waals surface area (Å²) in [5.41, 5.74) is 0.124. The number of fused-ring (bicyclic) bond motifs is 1. The molecular weight excluding hydrogens is 402 g/mol. The highest BCUT2D eigenvalue weighted by atomic mass is 32.2. The highest BCUT2D eigenvalue weighted by molar-refractivity contribution is 8.16. The lowest BCUT2D eigenvalue weighted by molar-refractivity contribution is -0.117. The number of thioether (sulfide) groups is 1. The Morgan fingerprint density at radius 3 is 2.57 bits per heavy atom. The molecule has 8 nitrogen and oxygen atoms in total. The molecule has 2 aliphatic heterocycles. The third-order valence-electron chi connectivity index (χ3n) is 4.10. The van der Waals surface area contributed by atoms with E-state index in [1.165, 1.54) is 11.8 Å². The maximum atomic E-state index is 12.3. The minimum Gasteiger partial charge on any atom is -0.444 e. The Kier molecular flexibility index (Phi) is 5.72. The van der Waals surface area contributed by atoms with Crippen LogP contribution in [0.2, 0.25) is 0 Å². The number of amides is 2. The van der Waals surface area contributed by atoms with Gasteiger partial charge in [0.05, 0.1) is 17.5 Å². The van der Waals surface area contributed by atoms with Crippen LogP contribution >= 0.6 is 11.8 Å². The molecule has 2 saturated heterocycles. The Labute approximate surface area is 168 Å². The topological polar surface area (TPSA) is 105 Å². The van der Waals surface area contributed by atoms with Crippen molar-refractivity contribution < 1.29 is 22.7 Å². The number of sulfone groups is 1. The number of para-hydroxylation sites is 1. The number of carbonyl (C=O) groups is 2. The van der Waals surface area contributed by atoms with Crippen molar-refractivity contribution in [1.29, 1.82) is 0 Å². The van der Waals surface area contributed by atoms with Crippen LogP contribution in [0.5, 0.6) is 0 Å². The number of benzene rings is 1. The van der Waals surface area contributed by atoms with E-state index in [1.807, 2.05) is 35.2 Å².